The zero-order valence-electron chi connectivity index (χ0n) is 18.8. The summed E-state index contributed by atoms with van der Waals surface area (Å²) in [5.74, 6) is 1.07. The Balaban J connectivity index is 1.35. The fraction of sp³-hybridized carbons (Fsp3) is 0.625. The molecule has 0 radical (unpaired) electrons. The van der Waals surface area contributed by atoms with Gasteiger partial charge in [0.15, 0.2) is 5.78 Å². The standard InChI is InChI=1S/C24H35N3O4/c1-19-6-3-4-13-27(19)24(30)18-25-14-16-26(17-15-25)23(29)8-5-7-22(28)20-9-11-21(31-2)12-10-20/h9-12,19H,3-8,13-18H2,1-2H3. The van der Waals surface area contributed by atoms with Crippen LogP contribution in [0.25, 0.3) is 0 Å². The minimum absolute atomic E-state index is 0.0470. The first-order chi connectivity index (χ1) is 15.0. The molecule has 0 aliphatic carbocycles. The Morgan fingerprint density at radius 3 is 2.29 bits per heavy atom. The Morgan fingerprint density at radius 2 is 1.65 bits per heavy atom. The maximum atomic E-state index is 12.6. The van der Waals surface area contributed by atoms with Gasteiger partial charge in [0, 0.05) is 57.2 Å². The molecule has 2 saturated heterocycles. The van der Waals surface area contributed by atoms with E-state index in [2.05, 4.69) is 11.8 Å². The molecule has 170 valence electrons. The Bertz CT molecular complexity index is 757. The Kier molecular flexibility index (Phi) is 8.46. The molecule has 0 saturated carbocycles. The van der Waals surface area contributed by atoms with Crippen LogP contribution < -0.4 is 4.74 Å². The Hall–Kier alpha value is -2.41. The first-order valence-electron chi connectivity index (χ1n) is 11.4. The minimum atomic E-state index is 0.0470. The van der Waals surface area contributed by atoms with E-state index in [1.807, 2.05) is 9.80 Å². The summed E-state index contributed by atoms with van der Waals surface area (Å²) < 4.78 is 5.11. The molecule has 3 rings (SSSR count). The van der Waals surface area contributed by atoms with Crippen molar-refractivity contribution in [3.8, 4) is 5.75 Å². The second-order valence-corrected chi connectivity index (χ2v) is 8.59. The van der Waals surface area contributed by atoms with Crippen LogP contribution in [0.15, 0.2) is 24.3 Å². The van der Waals surface area contributed by atoms with Crippen LogP contribution in [0.3, 0.4) is 0 Å². The van der Waals surface area contributed by atoms with Gasteiger partial charge in [-0.2, -0.15) is 0 Å². The second kappa shape index (κ2) is 11.3. The van der Waals surface area contributed by atoms with Gasteiger partial charge in [-0.15, -0.1) is 0 Å². The second-order valence-electron chi connectivity index (χ2n) is 8.59. The van der Waals surface area contributed by atoms with Gasteiger partial charge < -0.3 is 14.5 Å². The average molecular weight is 430 g/mol. The molecule has 2 amide bonds. The van der Waals surface area contributed by atoms with Crippen molar-refractivity contribution in [2.24, 2.45) is 0 Å². The van der Waals surface area contributed by atoms with Crippen LogP contribution in [0.1, 0.15) is 55.8 Å². The molecule has 0 aromatic heterocycles. The number of carbonyl (C=O) groups is 3. The van der Waals surface area contributed by atoms with Crippen LogP contribution in [-0.4, -0.2) is 84.7 Å². The lowest BCUT2D eigenvalue weighted by Gasteiger charge is -2.38. The number of nitrogens with zero attached hydrogens (tertiary/aromatic N) is 3. The number of ketones is 1. The third kappa shape index (κ3) is 6.53. The number of hydrogen-bond donors (Lipinski definition) is 0. The monoisotopic (exact) mass is 429 g/mol. The highest BCUT2D eigenvalue weighted by Crippen LogP contribution is 2.17. The van der Waals surface area contributed by atoms with E-state index in [1.54, 1.807) is 31.4 Å². The third-order valence-corrected chi connectivity index (χ3v) is 6.41. The van der Waals surface area contributed by atoms with E-state index in [-0.39, 0.29) is 17.6 Å². The number of amides is 2. The predicted octanol–water partition coefficient (Wildman–Crippen LogP) is 2.59. The molecule has 2 aliphatic rings. The fourth-order valence-corrected chi connectivity index (χ4v) is 4.39. The number of ether oxygens (including phenoxy) is 1. The number of methoxy groups -OCH3 is 1. The minimum Gasteiger partial charge on any atom is -0.497 e. The van der Waals surface area contributed by atoms with Crippen molar-refractivity contribution in [1.29, 1.82) is 0 Å². The van der Waals surface area contributed by atoms with Crippen molar-refractivity contribution in [3.05, 3.63) is 29.8 Å². The normalized spacial score (nSPS) is 19.9. The maximum Gasteiger partial charge on any atom is 0.236 e. The smallest absolute Gasteiger partial charge is 0.236 e. The van der Waals surface area contributed by atoms with Crippen molar-refractivity contribution in [2.45, 2.75) is 51.5 Å². The third-order valence-electron chi connectivity index (χ3n) is 6.41. The van der Waals surface area contributed by atoms with Crippen molar-refractivity contribution < 1.29 is 19.1 Å². The van der Waals surface area contributed by atoms with Gasteiger partial charge in [-0.1, -0.05) is 0 Å². The summed E-state index contributed by atoms with van der Waals surface area (Å²) in [6.07, 6.45) is 4.69. The summed E-state index contributed by atoms with van der Waals surface area (Å²) in [7, 11) is 1.59. The number of Topliss-reactive ketones (excluding diaryl/α,β-unsaturated/α-hetero) is 1. The summed E-state index contributed by atoms with van der Waals surface area (Å²) in [5.41, 5.74) is 0.648. The summed E-state index contributed by atoms with van der Waals surface area (Å²) >= 11 is 0. The van der Waals surface area contributed by atoms with E-state index >= 15 is 0 Å². The molecular formula is C24H35N3O4. The summed E-state index contributed by atoms with van der Waals surface area (Å²) in [5, 5.41) is 0. The van der Waals surface area contributed by atoms with Gasteiger partial charge in [0.1, 0.15) is 5.75 Å². The molecule has 31 heavy (non-hydrogen) atoms. The van der Waals surface area contributed by atoms with Gasteiger partial charge in [0.25, 0.3) is 0 Å². The largest absolute Gasteiger partial charge is 0.497 e. The van der Waals surface area contributed by atoms with Gasteiger partial charge in [-0.05, 0) is 56.9 Å². The Labute approximate surface area is 185 Å². The van der Waals surface area contributed by atoms with E-state index in [0.29, 0.717) is 50.5 Å². The van der Waals surface area contributed by atoms with E-state index < -0.39 is 0 Å². The number of benzene rings is 1. The highest BCUT2D eigenvalue weighted by Gasteiger charge is 2.27. The molecule has 7 heteroatoms. The first-order valence-corrected chi connectivity index (χ1v) is 11.4. The van der Waals surface area contributed by atoms with E-state index in [9.17, 15) is 14.4 Å². The lowest BCUT2D eigenvalue weighted by Crippen LogP contribution is -2.53. The van der Waals surface area contributed by atoms with Crippen LogP contribution in [0.4, 0.5) is 0 Å². The van der Waals surface area contributed by atoms with Crippen molar-refractivity contribution in [3.63, 3.8) is 0 Å². The summed E-state index contributed by atoms with van der Waals surface area (Å²) in [6.45, 7) is 6.20. The van der Waals surface area contributed by atoms with Gasteiger partial charge in [-0.25, -0.2) is 0 Å². The molecule has 2 aliphatic heterocycles. The zero-order valence-corrected chi connectivity index (χ0v) is 18.8. The van der Waals surface area contributed by atoms with Crippen LogP contribution in [0.2, 0.25) is 0 Å². The van der Waals surface area contributed by atoms with E-state index in [4.69, 9.17) is 4.74 Å². The molecular weight excluding hydrogens is 394 g/mol. The van der Waals surface area contributed by atoms with Crippen LogP contribution >= 0.6 is 0 Å². The molecule has 1 unspecified atom stereocenters. The van der Waals surface area contributed by atoms with Gasteiger partial charge >= 0.3 is 0 Å². The lowest BCUT2D eigenvalue weighted by atomic mass is 10.0. The molecule has 1 aromatic rings. The molecule has 7 nitrogen and oxygen atoms in total. The fourth-order valence-electron chi connectivity index (χ4n) is 4.39. The number of piperazine rings is 1. The average Bonchev–Trinajstić information content (AvgIpc) is 2.79. The number of likely N-dealkylation sites (tertiary alicyclic amines) is 1. The highest BCUT2D eigenvalue weighted by atomic mass is 16.5. The molecule has 0 N–H and O–H groups in total. The van der Waals surface area contributed by atoms with Crippen LogP contribution in [-0.2, 0) is 9.59 Å². The molecule has 2 heterocycles. The van der Waals surface area contributed by atoms with E-state index in [1.165, 1.54) is 6.42 Å². The van der Waals surface area contributed by atoms with Gasteiger partial charge in [0.05, 0.1) is 13.7 Å². The molecule has 1 aromatic carbocycles. The molecule has 0 spiro atoms. The molecule has 1 atom stereocenters. The topological polar surface area (TPSA) is 70.2 Å². The highest BCUT2D eigenvalue weighted by molar-refractivity contribution is 5.96. The van der Waals surface area contributed by atoms with Crippen LogP contribution in [0, 0.1) is 0 Å². The predicted molar refractivity (Wildman–Crippen MR) is 119 cm³/mol. The summed E-state index contributed by atoms with van der Waals surface area (Å²) in [4.78, 5) is 43.5. The molecule has 2 fully saturated rings. The van der Waals surface area contributed by atoms with Crippen molar-refractivity contribution in [2.75, 3.05) is 46.4 Å². The first kappa shape index (κ1) is 23.3. The number of hydrogen-bond acceptors (Lipinski definition) is 5. The lowest BCUT2D eigenvalue weighted by molar-refractivity contribution is -0.137. The quantitative estimate of drug-likeness (QED) is 0.594. The summed E-state index contributed by atoms with van der Waals surface area (Å²) in [6, 6.07) is 7.40. The van der Waals surface area contributed by atoms with Crippen LogP contribution in [0.5, 0.6) is 5.75 Å². The van der Waals surface area contributed by atoms with Crippen molar-refractivity contribution >= 4 is 17.6 Å². The number of piperidine rings is 1. The zero-order chi connectivity index (χ0) is 22.2. The number of rotatable bonds is 8. The van der Waals surface area contributed by atoms with Crippen molar-refractivity contribution in [1.82, 2.24) is 14.7 Å². The van der Waals surface area contributed by atoms with Gasteiger partial charge in [0.2, 0.25) is 11.8 Å². The van der Waals surface area contributed by atoms with E-state index in [0.717, 1.165) is 38.2 Å². The molecule has 0 bridgehead atoms. The SMILES string of the molecule is COc1ccc(C(=O)CCCC(=O)N2CCN(CC(=O)N3CCCCC3C)CC2)cc1. The maximum absolute atomic E-state index is 12.6. The Morgan fingerprint density at radius 1 is 0.935 bits per heavy atom. The van der Waals surface area contributed by atoms with Gasteiger partial charge in [-0.3, -0.25) is 19.3 Å². The number of carbonyl (C=O) groups excluding carboxylic acids is 3.